The molecule has 1 aliphatic heterocycles. The van der Waals surface area contributed by atoms with Crippen LogP contribution in [0.4, 0.5) is 5.82 Å². The van der Waals surface area contributed by atoms with Gasteiger partial charge in [-0.05, 0) is 11.0 Å². The lowest BCUT2D eigenvalue weighted by Gasteiger charge is -2.37. The average Bonchev–Trinajstić information content (AvgIpc) is 2.66. The summed E-state index contributed by atoms with van der Waals surface area (Å²) in [5.41, 5.74) is 8.81. The molecule has 1 aromatic heterocycles. The number of ether oxygens (including phenoxy) is 1. The number of carbonyl (C=O) groups excluding carboxylic acids is 1. The van der Waals surface area contributed by atoms with Gasteiger partial charge >= 0.3 is 5.88 Å². The van der Waals surface area contributed by atoms with Crippen LogP contribution in [0.5, 0.6) is 5.88 Å². The van der Waals surface area contributed by atoms with Gasteiger partial charge < -0.3 is 15.6 Å². The molecule has 1 atom stereocenters. The Labute approximate surface area is 164 Å². The summed E-state index contributed by atoms with van der Waals surface area (Å²) in [7, 11) is 0. The van der Waals surface area contributed by atoms with E-state index in [1.54, 1.807) is 6.33 Å². The summed E-state index contributed by atoms with van der Waals surface area (Å²) >= 11 is 0. The molecular weight excluding hydrogens is 354 g/mol. The Morgan fingerprint density at radius 1 is 1.29 bits per heavy atom. The third-order valence-electron chi connectivity index (χ3n) is 5.50. The zero-order valence-electron chi connectivity index (χ0n) is 16.3. The summed E-state index contributed by atoms with van der Waals surface area (Å²) in [4.78, 5) is 17.7. The number of fused-ring (bicyclic) bond motifs is 1. The van der Waals surface area contributed by atoms with Crippen molar-refractivity contribution in [2.75, 3.05) is 12.3 Å². The molecule has 2 aromatic rings. The lowest BCUT2D eigenvalue weighted by Crippen LogP contribution is -2.41. The number of hydrogen-bond acceptors (Lipinski definition) is 5. The smallest absolute Gasteiger partial charge is 0.305 e. The Morgan fingerprint density at radius 3 is 2.75 bits per heavy atom. The lowest BCUT2D eigenvalue weighted by atomic mass is 9.70. The van der Waals surface area contributed by atoms with Crippen LogP contribution >= 0.6 is 0 Å². The first-order chi connectivity index (χ1) is 13.4. The van der Waals surface area contributed by atoms with E-state index in [1.165, 1.54) is 0 Å². The molecule has 4 rings (SSSR count). The summed E-state index contributed by atoms with van der Waals surface area (Å²) in [5, 5.41) is 9.17. The van der Waals surface area contributed by atoms with E-state index in [1.807, 2.05) is 34.9 Å². The standard InChI is InChI=1S/C22H25N3O3/c1-22(2)11-15(27)18-16(12-22)28-21-19(17(18)14-7-4-3-5-8-14)20(23)25(13-24-21)9-6-10-26/h3-5,7-8,13,17,23,26H,6,9-12H2,1-2H3/p+1/t17-/m1/s1. The van der Waals surface area contributed by atoms with Crippen molar-refractivity contribution < 1.29 is 19.2 Å². The van der Waals surface area contributed by atoms with Gasteiger partial charge in [0.2, 0.25) is 12.1 Å². The average molecular weight is 380 g/mol. The molecule has 3 N–H and O–H groups in total. The molecule has 1 aromatic carbocycles. The van der Waals surface area contributed by atoms with E-state index in [-0.39, 0.29) is 23.7 Å². The second-order valence-corrected chi connectivity index (χ2v) is 8.34. The molecule has 0 saturated heterocycles. The maximum atomic E-state index is 13.2. The number of carbonyl (C=O) groups is 1. The third kappa shape index (κ3) is 3.18. The predicted molar refractivity (Wildman–Crippen MR) is 105 cm³/mol. The van der Waals surface area contributed by atoms with Crippen molar-refractivity contribution >= 4 is 11.6 Å². The van der Waals surface area contributed by atoms with Crippen molar-refractivity contribution in [2.24, 2.45) is 5.41 Å². The third-order valence-corrected chi connectivity index (χ3v) is 5.50. The number of hydrogen-bond donors (Lipinski definition) is 2. The first-order valence-electron chi connectivity index (χ1n) is 9.69. The summed E-state index contributed by atoms with van der Waals surface area (Å²) in [6, 6.07) is 9.92. The molecule has 28 heavy (non-hydrogen) atoms. The lowest BCUT2D eigenvalue weighted by molar-refractivity contribution is -0.686. The second kappa shape index (κ2) is 7.02. The number of ketones is 1. The fourth-order valence-electron chi connectivity index (χ4n) is 4.22. The molecule has 0 fully saturated rings. The maximum Gasteiger partial charge on any atom is 0.305 e. The summed E-state index contributed by atoms with van der Waals surface area (Å²) in [6.07, 6.45) is 3.40. The number of nitrogen functional groups attached to an aromatic ring is 1. The van der Waals surface area contributed by atoms with Crippen molar-refractivity contribution in [1.82, 2.24) is 4.98 Å². The largest absolute Gasteiger partial charge is 0.430 e. The van der Waals surface area contributed by atoms with Gasteiger partial charge in [0.1, 0.15) is 11.3 Å². The van der Waals surface area contributed by atoms with Gasteiger partial charge in [0.05, 0.1) is 12.5 Å². The highest BCUT2D eigenvalue weighted by Crippen LogP contribution is 2.50. The monoisotopic (exact) mass is 380 g/mol. The molecule has 1 aliphatic carbocycles. The molecule has 0 unspecified atom stereocenters. The van der Waals surface area contributed by atoms with Crippen molar-refractivity contribution in [3.63, 3.8) is 0 Å². The summed E-state index contributed by atoms with van der Waals surface area (Å²) in [6.45, 7) is 4.80. The molecule has 2 aliphatic rings. The van der Waals surface area contributed by atoms with Crippen LogP contribution in [0.3, 0.4) is 0 Å². The van der Waals surface area contributed by atoms with Crippen LogP contribution in [0.15, 0.2) is 48.0 Å². The van der Waals surface area contributed by atoms with Gasteiger partial charge in [0, 0.05) is 31.4 Å². The summed E-state index contributed by atoms with van der Waals surface area (Å²) < 4.78 is 7.96. The van der Waals surface area contributed by atoms with Gasteiger partial charge in [-0.15, -0.1) is 0 Å². The number of rotatable bonds is 4. The number of aromatic nitrogens is 2. The number of anilines is 1. The first kappa shape index (κ1) is 18.6. The topological polar surface area (TPSA) is 89.3 Å². The Kier molecular flexibility index (Phi) is 4.67. The van der Waals surface area contributed by atoms with Crippen molar-refractivity contribution in [1.29, 1.82) is 0 Å². The Balaban J connectivity index is 1.91. The fourth-order valence-corrected chi connectivity index (χ4v) is 4.22. The zero-order chi connectivity index (χ0) is 19.9. The summed E-state index contributed by atoms with van der Waals surface area (Å²) in [5.74, 6) is 1.52. The van der Waals surface area contributed by atoms with Gasteiger partial charge in [-0.2, -0.15) is 0 Å². The second-order valence-electron chi connectivity index (χ2n) is 8.34. The molecule has 0 radical (unpaired) electrons. The van der Waals surface area contributed by atoms with E-state index in [0.717, 1.165) is 11.1 Å². The number of aryl methyl sites for hydroxylation is 1. The first-order valence-corrected chi connectivity index (χ1v) is 9.69. The molecule has 0 bridgehead atoms. The van der Waals surface area contributed by atoms with Crippen LogP contribution < -0.4 is 15.0 Å². The van der Waals surface area contributed by atoms with Crippen LogP contribution in [-0.2, 0) is 11.3 Å². The zero-order valence-corrected chi connectivity index (χ0v) is 16.3. The van der Waals surface area contributed by atoms with Gasteiger partial charge in [-0.25, -0.2) is 4.57 Å². The minimum absolute atomic E-state index is 0.0744. The number of Topliss-reactive ketones (excluding diaryl/α,β-unsaturated/α-hetero) is 1. The van der Waals surface area contributed by atoms with E-state index in [2.05, 4.69) is 18.8 Å². The normalized spacial score (nSPS) is 20.4. The van der Waals surface area contributed by atoms with Crippen LogP contribution in [0.25, 0.3) is 0 Å². The highest BCUT2D eigenvalue weighted by molar-refractivity contribution is 6.00. The molecule has 2 heterocycles. The van der Waals surface area contributed by atoms with E-state index < -0.39 is 0 Å². The van der Waals surface area contributed by atoms with Crippen molar-refractivity contribution in [3.05, 3.63) is 59.1 Å². The van der Waals surface area contributed by atoms with Crippen molar-refractivity contribution in [3.8, 4) is 5.88 Å². The molecule has 146 valence electrons. The molecule has 6 nitrogen and oxygen atoms in total. The molecular formula is C22H26N3O3+. The van der Waals surface area contributed by atoms with E-state index >= 15 is 0 Å². The Morgan fingerprint density at radius 2 is 2.04 bits per heavy atom. The van der Waals surface area contributed by atoms with Crippen molar-refractivity contribution in [2.45, 2.75) is 45.6 Å². The SMILES string of the molecule is CC1(C)CC(=O)C2=C(C1)Oc1nc[n+](CCCO)c(N)c1[C@@H]2c1ccccc1. The minimum Gasteiger partial charge on any atom is -0.430 e. The van der Waals surface area contributed by atoms with Gasteiger partial charge in [-0.3, -0.25) is 4.79 Å². The molecule has 0 saturated carbocycles. The van der Waals surface area contributed by atoms with E-state index in [0.29, 0.717) is 48.8 Å². The number of aliphatic hydroxyl groups is 1. The molecule has 6 heteroatoms. The highest BCUT2D eigenvalue weighted by atomic mass is 16.5. The molecule has 0 amide bonds. The Hall–Kier alpha value is -2.73. The van der Waals surface area contributed by atoms with E-state index in [4.69, 9.17) is 10.5 Å². The maximum absolute atomic E-state index is 13.2. The van der Waals surface area contributed by atoms with Gasteiger partial charge in [0.15, 0.2) is 5.78 Å². The minimum atomic E-state index is -0.294. The fraction of sp³-hybridized carbons (Fsp3) is 0.409. The number of allylic oxidation sites excluding steroid dienone is 2. The van der Waals surface area contributed by atoms with Crippen LogP contribution in [-0.4, -0.2) is 22.5 Å². The predicted octanol–water partition coefficient (Wildman–Crippen LogP) is 2.50. The number of nitrogens with zero attached hydrogens (tertiary/aromatic N) is 2. The quantitative estimate of drug-likeness (QED) is 0.796. The van der Waals surface area contributed by atoms with Crippen LogP contribution in [0.1, 0.15) is 50.2 Å². The molecule has 0 spiro atoms. The van der Waals surface area contributed by atoms with Crippen LogP contribution in [0.2, 0.25) is 0 Å². The Bertz CT molecular complexity index is 951. The van der Waals surface area contributed by atoms with Gasteiger partial charge in [0.25, 0.3) is 0 Å². The van der Waals surface area contributed by atoms with Gasteiger partial charge in [-0.1, -0.05) is 49.2 Å². The van der Waals surface area contributed by atoms with Crippen LogP contribution in [0, 0.1) is 5.41 Å². The number of benzene rings is 1. The number of nitrogens with two attached hydrogens (primary N) is 1. The van der Waals surface area contributed by atoms with E-state index in [9.17, 15) is 9.90 Å². The number of aliphatic hydroxyl groups excluding tert-OH is 1. The highest BCUT2D eigenvalue weighted by Gasteiger charge is 2.45.